The van der Waals surface area contributed by atoms with Gasteiger partial charge in [-0.25, -0.2) is 0 Å². The van der Waals surface area contributed by atoms with Gasteiger partial charge in [0.25, 0.3) is 0 Å². The fourth-order valence-electron chi connectivity index (χ4n) is 5.74. The number of aryl methyl sites for hydroxylation is 1. The maximum Gasteiger partial charge on any atom is 0.243 e. The number of hydrogen-bond donors (Lipinski definition) is 4. The first-order chi connectivity index (χ1) is 20.2. The van der Waals surface area contributed by atoms with Crippen LogP contribution in [0, 0.1) is 5.92 Å². The summed E-state index contributed by atoms with van der Waals surface area (Å²) in [7, 11) is 1.65. The molecule has 1 saturated carbocycles. The van der Waals surface area contributed by atoms with Crippen molar-refractivity contribution >= 4 is 17.7 Å². The topological polar surface area (TPSA) is 133 Å². The number of hydrogen-bond acceptors (Lipinski definition) is 7. The third kappa shape index (κ3) is 8.44. The molecule has 0 radical (unpaired) electrons. The minimum absolute atomic E-state index is 0.124. The van der Waals surface area contributed by atoms with E-state index in [1.807, 2.05) is 19.1 Å². The van der Waals surface area contributed by atoms with Crippen LogP contribution >= 0.6 is 0 Å². The summed E-state index contributed by atoms with van der Waals surface area (Å²) in [4.78, 5) is 46.7. The number of phenolic OH excluding ortho intramolecular Hbond substituents is 1. The lowest BCUT2D eigenvalue weighted by atomic mass is 9.83. The van der Waals surface area contributed by atoms with Crippen LogP contribution in [0.25, 0.3) is 0 Å². The molecule has 0 bridgehead atoms. The number of benzene rings is 1. The summed E-state index contributed by atoms with van der Waals surface area (Å²) in [5, 5.41) is 19.0. The molecule has 4 atom stereocenters. The van der Waals surface area contributed by atoms with Crippen molar-refractivity contribution in [3.05, 3.63) is 53.9 Å². The van der Waals surface area contributed by atoms with Crippen LogP contribution in [-0.2, 0) is 27.2 Å². The van der Waals surface area contributed by atoms with Gasteiger partial charge in [0.1, 0.15) is 29.7 Å². The first-order valence-electron chi connectivity index (χ1n) is 15.2. The number of nitrogens with one attached hydrogen (secondary N) is 3. The molecule has 10 heteroatoms. The van der Waals surface area contributed by atoms with Gasteiger partial charge in [-0.05, 0) is 75.3 Å². The van der Waals surface area contributed by atoms with E-state index < -0.39 is 24.0 Å². The van der Waals surface area contributed by atoms with Gasteiger partial charge in [-0.15, -0.1) is 0 Å². The predicted molar refractivity (Wildman–Crippen MR) is 160 cm³/mol. The quantitative estimate of drug-likeness (QED) is 0.440. The van der Waals surface area contributed by atoms with Crippen molar-refractivity contribution in [1.29, 1.82) is 0 Å². The number of phenols is 1. The van der Waals surface area contributed by atoms with Crippen molar-refractivity contribution < 1.29 is 24.2 Å². The van der Waals surface area contributed by atoms with E-state index in [-0.39, 0.29) is 36.0 Å². The summed E-state index contributed by atoms with van der Waals surface area (Å²) < 4.78 is 6.27. The monoisotopic (exact) mass is 579 g/mol. The zero-order chi connectivity index (χ0) is 30.1. The van der Waals surface area contributed by atoms with Crippen LogP contribution in [0.4, 0.5) is 0 Å². The number of carbonyl (C=O) groups is 3. The molecule has 2 aliphatic rings. The number of carbonyl (C=O) groups excluding carboxylic acids is 3. The van der Waals surface area contributed by atoms with Crippen molar-refractivity contribution in [1.82, 2.24) is 25.8 Å². The van der Waals surface area contributed by atoms with Crippen molar-refractivity contribution in [3.8, 4) is 11.5 Å². The molecular formula is C32H45N5O5. The Labute approximate surface area is 248 Å². The summed E-state index contributed by atoms with van der Waals surface area (Å²) in [5.41, 5.74) is 1.60. The molecule has 0 unspecified atom stereocenters. The number of ether oxygens (including phenoxy) is 1. The second-order valence-electron chi connectivity index (χ2n) is 11.6. The number of likely N-dealkylation sites (N-methyl/N-ethyl adjacent to an activating group) is 1. The number of aromatic nitrogens is 1. The van der Waals surface area contributed by atoms with E-state index in [4.69, 9.17) is 4.74 Å². The van der Waals surface area contributed by atoms with Crippen LogP contribution in [-0.4, -0.2) is 77.1 Å². The van der Waals surface area contributed by atoms with Gasteiger partial charge in [0, 0.05) is 32.8 Å². The minimum atomic E-state index is -0.853. The zero-order valence-electron chi connectivity index (χ0n) is 25.0. The van der Waals surface area contributed by atoms with Crippen molar-refractivity contribution in [2.75, 3.05) is 20.1 Å². The highest BCUT2D eigenvalue weighted by atomic mass is 16.5. The van der Waals surface area contributed by atoms with Crippen LogP contribution < -0.4 is 20.7 Å². The van der Waals surface area contributed by atoms with E-state index in [0.717, 1.165) is 36.9 Å². The number of nitrogens with zero attached hydrogens (tertiary/aromatic N) is 2. The molecule has 4 N–H and O–H groups in total. The Morgan fingerprint density at radius 1 is 1.00 bits per heavy atom. The third-order valence-corrected chi connectivity index (χ3v) is 8.40. The standard InChI is InChI=1S/C32H45N5O5/c1-21-20-35-29(24-9-5-4-6-10-24)32(41)37(3)22(2)30(39)36-27(19-23-13-15-25(38)16-14-23)31(40)34-18-7-11-26-28(42-21)12-8-17-33-26/h8,12-17,21-22,24,27,29,35,38H,4-7,9-11,18-20H2,1-3H3,(H,34,40)(H,36,39)/t21-,22-,27-,29+/m1/s1. The number of amides is 3. The predicted octanol–water partition coefficient (Wildman–Crippen LogP) is 2.73. The molecule has 3 amide bonds. The van der Waals surface area contributed by atoms with Crippen LogP contribution in [0.3, 0.4) is 0 Å². The minimum Gasteiger partial charge on any atom is -0.508 e. The smallest absolute Gasteiger partial charge is 0.243 e. The molecular weight excluding hydrogens is 534 g/mol. The Balaban J connectivity index is 1.59. The van der Waals surface area contributed by atoms with Gasteiger partial charge < -0.3 is 30.7 Å². The average Bonchev–Trinajstić information content (AvgIpc) is 3.00. The summed E-state index contributed by atoms with van der Waals surface area (Å²) >= 11 is 0. The number of fused-ring (bicyclic) bond motifs is 1. The maximum absolute atomic E-state index is 13.9. The highest BCUT2D eigenvalue weighted by molar-refractivity contribution is 5.93. The second kappa shape index (κ2) is 15.0. The van der Waals surface area contributed by atoms with Gasteiger partial charge in [-0.3, -0.25) is 19.4 Å². The number of pyridine rings is 1. The molecule has 1 aliphatic heterocycles. The summed E-state index contributed by atoms with van der Waals surface area (Å²) in [6.07, 6.45) is 8.24. The average molecular weight is 580 g/mol. The fourth-order valence-corrected chi connectivity index (χ4v) is 5.74. The molecule has 0 spiro atoms. The van der Waals surface area contributed by atoms with E-state index in [1.165, 1.54) is 11.3 Å². The third-order valence-electron chi connectivity index (χ3n) is 8.40. The largest absolute Gasteiger partial charge is 0.508 e. The Morgan fingerprint density at radius 3 is 2.48 bits per heavy atom. The molecule has 2 aromatic rings. The summed E-state index contributed by atoms with van der Waals surface area (Å²) in [5.74, 6) is 0.139. The molecule has 10 nitrogen and oxygen atoms in total. The lowest BCUT2D eigenvalue weighted by molar-refractivity contribution is -0.142. The Hall–Kier alpha value is -3.66. The van der Waals surface area contributed by atoms with Crippen LogP contribution in [0.2, 0.25) is 0 Å². The van der Waals surface area contributed by atoms with Gasteiger partial charge in [0.05, 0.1) is 11.7 Å². The van der Waals surface area contributed by atoms with Gasteiger partial charge in [0.15, 0.2) is 0 Å². The maximum atomic E-state index is 13.9. The van der Waals surface area contributed by atoms with Crippen molar-refractivity contribution in [2.45, 2.75) is 89.4 Å². The molecule has 1 aliphatic carbocycles. The highest BCUT2D eigenvalue weighted by Gasteiger charge is 2.35. The molecule has 1 aromatic carbocycles. The van der Waals surface area contributed by atoms with Gasteiger partial charge in [-0.1, -0.05) is 31.4 Å². The molecule has 228 valence electrons. The van der Waals surface area contributed by atoms with E-state index in [9.17, 15) is 19.5 Å². The second-order valence-corrected chi connectivity index (χ2v) is 11.6. The lowest BCUT2D eigenvalue weighted by Gasteiger charge is -2.35. The van der Waals surface area contributed by atoms with Crippen LogP contribution in [0.1, 0.15) is 63.6 Å². The highest BCUT2D eigenvalue weighted by Crippen LogP contribution is 2.28. The Morgan fingerprint density at radius 2 is 1.74 bits per heavy atom. The van der Waals surface area contributed by atoms with Crippen molar-refractivity contribution in [3.63, 3.8) is 0 Å². The fraction of sp³-hybridized carbons (Fsp3) is 0.562. The lowest BCUT2D eigenvalue weighted by Crippen LogP contribution is -2.58. The molecule has 0 saturated heterocycles. The van der Waals surface area contributed by atoms with E-state index in [1.54, 1.807) is 44.4 Å². The van der Waals surface area contributed by atoms with E-state index >= 15 is 0 Å². The van der Waals surface area contributed by atoms with Crippen molar-refractivity contribution in [2.24, 2.45) is 5.92 Å². The summed E-state index contributed by atoms with van der Waals surface area (Å²) in [6.45, 7) is 4.53. The number of aromatic hydroxyl groups is 1. The molecule has 42 heavy (non-hydrogen) atoms. The molecule has 4 rings (SSSR count). The van der Waals surface area contributed by atoms with E-state index in [2.05, 4.69) is 20.9 Å². The van der Waals surface area contributed by atoms with Gasteiger partial charge >= 0.3 is 0 Å². The number of rotatable bonds is 3. The van der Waals surface area contributed by atoms with E-state index in [0.29, 0.717) is 31.7 Å². The first-order valence-corrected chi connectivity index (χ1v) is 15.2. The molecule has 1 fully saturated rings. The normalized spacial score (nSPS) is 25.8. The SMILES string of the molecule is C[C@@H]1CN[C@@H](C2CCCCC2)C(=O)N(C)[C@H](C)C(=O)N[C@H](Cc2ccc(O)cc2)C(=O)NCCCc2ncccc2O1. The first kappa shape index (κ1) is 31.3. The molecule has 2 heterocycles. The molecule has 1 aromatic heterocycles. The zero-order valence-corrected chi connectivity index (χ0v) is 25.0. The van der Waals surface area contributed by atoms with Gasteiger partial charge in [-0.2, -0.15) is 0 Å². The Bertz CT molecular complexity index is 1200. The Kier molecular flexibility index (Phi) is 11.2. The van der Waals surface area contributed by atoms with Crippen LogP contribution in [0.5, 0.6) is 11.5 Å². The van der Waals surface area contributed by atoms with Gasteiger partial charge in [0.2, 0.25) is 17.7 Å². The summed E-state index contributed by atoms with van der Waals surface area (Å²) in [6, 6.07) is 8.21. The van der Waals surface area contributed by atoms with Crippen LogP contribution in [0.15, 0.2) is 42.6 Å².